The molecule has 0 spiro atoms. The Bertz CT molecular complexity index is 384. The third-order valence-corrected chi connectivity index (χ3v) is 3.55. The average molecular weight is 327 g/mol. The summed E-state index contributed by atoms with van der Waals surface area (Å²) in [4.78, 5) is 20.3. The number of amides is 1. The lowest BCUT2D eigenvalue weighted by Gasteiger charge is -2.35. The van der Waals surface area contributed by atoms with Gasteiger partial charge < -0.3 is 20.7 Å². The van der Waals surface area contributed by atoms with Crippen LogP contribution in [0.4, 0.5) is 4.79 Å². The number of nitrogens with one attached hydrogen (secondary N) is 1. The Labute approximate surface area is 140 Å². The maximum atomic E-state index is 12.0. The first-order chi connectivity index (χ1) is 10.8. The molecule has 0 aromatic heterocycles. The number of carbonyl (C=O) groups excluding carboxylic acids is 1. The van der Waals surface area contributed by atoms with Gasteiger partial charge in [0, 0.05) is 45.8 Å². The monoisotopic (exact) mass is 327 g/mol. The molecule has 0 radical (unpaired) electrons. The fourth-order valence-electron chi connectivity index (χ4n) is 2.24. The summed E-state index contributed by atoms with van der Waals surface area (Å²) in [6, 6.07) is 0. The van der Waals surface area contributed by atoms with Crippen LogP contribution in [0.25, 0.3) is 0 Å². The minimum absolute atomic E-state index is 0.220. The van der Waals surface area contributed by atoms with Gasteiger partial charge in [-0.15, -0.1) is 0 Å². The normalized spacial score (nSPS) is 17.2. The lowest BCUT2D eigenvalue weighted by Crippen LogP contribution is -2.51. The number of ether oxygens (including phenoxy) is 1. The number of guanidine groups is 1. The highest BCUT2D eigenvalue weighted by atomic mass is 16.6. The smallest absolute Gasteiger partial charge is 0.410 e. The van der Waals surface area contributed by atoms with E-state index in [1.165, 1.54) is 0 Å². The van der Waals surface area contributed by atoms with Crippen LogP contribution in [0.3, 0.4) is 0 Å². The molecule has 7 nitrogen and oxygen atoms in total. The van der Waals surface area contributed by atoms with Crippen molar-refractivity contribution in [3.05, 3.63) is 0 Å². The number of carbonyl (C=O) groups is 1. The van der Waals surface area contributed by atoms with Crippen molar-refractivity contribution in [1.82, 2.24) is 15.1 Å². The molecule has 0 bridgehead atoms. The molecule has 0 atom stereocenters. The van der Waals surface area contributed by atoms with Crippen LogP contribution in [0.15, 0.2) is 4.99 Å². The van der Waals surface area contributed by atoms with Crippen LogP contribution in [0.5, 0.6) is 0 Å². The number of aliphatic imine (C=N–C) groups is 1. The Morgan fingerprint density at radius 1 is 1.26 bits per heavy atom. The Hall–Kier alpha value is -1.50. The Morgan fingerprint density at radius 3 is 2.48 bits per heavy atom. The van der Waals surface area contributed by atoms with Crippen molar-refractivity contribution in [2.75, 3.05) is 45.8 Å². The number of piperazine rings is 1. The van der Waals surface area contributed by atoms with Crippen LogP contribution >= 0.6 is 0 Å². The van der Waals surface area contributed by atoms with E-state index in [2.05, 4.69) is 22.1 Å². The van der Waals surface area contributed by atoms with Gasteiger partial charge in [0.2, 0.25) is 0 Å². The zero-order valence-corrected chi connectivity index (χ0v) is 15.1. The van der Waals surface area contributed by atoms with Crippen molar-refractivity contribution < 1.29 is 9.53 Å². The maximum Gasteiger partial charge on any atom is 0.410 e. The third kappa shape index (κ3) is 8.64. The van der Waals surface area contributed by atoms with Crippen LogP contribution in [0.1, 0.15) is 40.5 Å². The van der Waals surface area contributed by atoms with Gasteiger partial charge in [0.1, 0.15) is 5.60 Å². The van der Waals surface area contributed by atoms with Gasteiger partial charge in [-0.2, -0.15) is 0 Å². The second-order valence-electron chi connectivity index (χ2n) is 6.86. The molecule has 0 aromatic carbocycles. The number of hydrogen-bond donors (Lipinski definition) is 2. The topological polar surface area (TPSA) is 83.2 Å². The highest BCUT2D eigenvalue weighted by Crippen LogP contribution is 2.11. The van der Waals surface area contributed by atoms with E-state index in [0.717, 1.165) is 45.6 Å². The average Bonchev–Trinajstić information content (AvgIpc) is 2.46. The largest absolute Gasteiger partial charge is 0.444 e. The van der Waals surface area contributed by atoms with Crippen molar-refractivity contribution in [3.63, 3.8) is 0 Å². The molecule has 1 aliphatic heterocycles. The van der Waals surface area contributed by atoms with E-state index in [0.29, 0.717) is 19.0 Å². The molecule has 1 saturated heterocycles. The van der Waals surface area contributed by atoms with Gasteiger partial charge >= 0.3 is 6.09 Å². The lowest BCUT2D eigenvalue weighted by atomic mass is 10.2. The molecule has 0 unspecified atom stereocenters. The van der Waals surface area contributed by atoms with Gasteiger partial charge in [-0.3, -0.25) is 9.89 Å². The second-order valence-corrected chi connectivity index (χ2v) is 6.86. The highest BCUT2D eigenvalue weighted by molar-refractivity contribution is 5.77. The number of hydrogen-bond acceptors (Lipinski definition) is 4. The van der Waals surface area contributed by atoms with Gasteiger partial charge in [-0.1, -0.05) is 13.3 Å². The summed E-state index contributed by atoms with van der Waals surface area (Å²) in [6.45, 7) is 13.4. The molecule has 0 saturated carbocycles. The van der Waals surface area contributed by atoms with Gasteiger partial charge in [0.05, 0.1) is 0 Å². The fourth-order valence-corrected chi connectivity index (χ4v) is 2.24. The first kappa shape index (κ1) is 19.5. The molecule has 134 valence electrons. The summed E-state index contributed by atoms with van der Waals surface area (Å²) in [5.74, 6) is 0.519. The first-order valence-corrected chi connectivity index (χ1v) is 8.56. The maximum absolute atomic E-state index is 12.0. The van der Waals surface area contributed by atoms with Gasteiger partial charge in [0.25, 0.3) is 0 Å². The number of unbranched alkanes of at least 4 members (excludes halogenated alkanes) is 1. The van der Waals surface area contributed by atoms with Crippen molar-refractivity contribution >= 4 is 12.1 Å². The zero-order valence-electron chi connectivity index (χ0n) is 15.1. The molecule has 23 heavy (non-hydrogen) atoms. The molecular weight excluding hydrogens is 294 g/mol. The third-order valence-electron chi connectivity index (χ3n) is 3.55. The van der Waals surface area contributed by atoms with Crippen molar-refractivity contribution in [1.29, 1.82) is 0 Å². The van der Waals surface area contributed by atoms with Crippen LogP contribution in [0.2, 0.25) is 0 Å². The number of nitrogens with two attached hydrogens (primary N) is 1. The predicted octanol–water partition coefficient (Wildman–Crippen LogP) is 1.24. The number of rotatable bonds is 6. The molecule has 1 fully saturated rings. The summed E-state index contributed by atoms with van der Waals surface area (Å²) in [5, 5.41) is 3.13. The molecule has 3 N–H and O–H groups in total. The van der Waals surface area contributed by atoms with E-state index in [4.69, 9.17) is 10.5 Å². The lowest BCUT2D eigenvalue weighted by molar-refractivity contribution is 0.0147. The predicted molar refractivity (Wildman–Crippen MR) is 93.6 cm³/mol. The number of nitrogens with zero attached hydrogens (tertiary/aromatic N) is 3. The molecule has 0 aliphatic carbocycles. The molecule has 1 heterocycles. The van der Waals surface area contributed by atoms with Crippen LogP contribution in [0, 0.1) is 0 Å². The molecule has 1 amide bonds. The van der Waals surface area contributed by atoms with Crippen LogP contribution in [-0.2, 0) is 4.74 Å². The molecule has 0 aromatic rings. The van der Waals surface area contributed by atoms with Gasteiger partial charge in [-0.25, -0.2) is 4.79 Å². The van der Waals surface area contributed by atoms with Gasteiger partial charge in [-0.05, 0) is 27.2 Å². The quantitative estimate of drug-likeness (QED) is 0.436. The second kappa shape index (κ2) is 9.60. The summed E-state index contributed by atoms with van der Waals surface area (Å²) < 4.78 is 5.40. The van der Waals surface area contributed by atoms with E-state index < -0.39 is 5.60 Å². The van der Waals surface area contributed by atoms with Crippen LogP contribution in [-0.4, -0.2) is 73.3 Å². The Morgan fingerprint density at radius 2 is 1.91 bits per heavy atom. The molecular formula is C16H33N5O2. The molecule has 7 heteroatoms. The highest BCUT2D eigenvalue weighted by Gasteiger charge is 2.25. The van der Waals surface area contributed by atoms with Crippen LogP contribution < -0.4 is 11.1 Å². The Balaban J connectivity index is 2.19. The van der Waals surface area contributed by atoms with E-state index in [1.807, 2.05) is 20.8 Å². The van der Waals surface area contributed by atoms with Crippen molar-refractivity contribution in [2.24, 2.45) is 10.7 Å². The van der Waals surface area contributed by atoms with E-state index in [-0.39, 0.29) is 6.09 Å². The Kier molecular flexibility index (Phi) is 8.16. The standard InChI is InChI=1S/C16H33N5O2/c1-5-6-7-18-14(17)19-8-9-20-10-12-21(13-11-20)15(22)23-16(2,3)4/h5-13H2,1-4H3,(H3,17,18,19). The zero-order chi connectivity index (χ0) is 17.3. The summed E-state index contributed by atoms with van der Waals surface area (Å²) in [7, 11) is 0. The van der Waals surface area contributed by atoms with E-state index >= 15 is 0 Å². The SMILES string of the molecule is CCCCN=C(N)NCCN1CCN(C(=O)OC(C)(C)C)CC1. The van der Waals surface area contributed by atoms with E-state index in [9.17, 15) is 4.79 Å². The minimum Gasteiger partial charge on any atom is -0.444 e. The first-order valence-electron chi connectivity index (χ1n) is 8.56. The summed E-state index contributed by atoms with van der Waals surface area (Å²) in [5.41, 5.74) is 5.36. The minimum atomic E-state index is -0.438. The van der Waals surface area contributed by atoms with Gasteiger partial charge in [0.15, 0.2) is 5.96 Å². The van der Waals surface area contributed by atoms with Crippen molar-refractivity contribution in [2.45, 2.75) is 46.1 Å². The van der Waals surface area contributed by atoms with Crippen molar-refractivity contribution in [3.8, 4) is 0 Å². The summed E-state index contributed by atoms with van der Waals surface area (Å²) in [6.07, 6.45) is 1.97. The molecule has 1 aliphatic rings. The fraction of sp³-hybridized carbons (Fsp3) is 0.875. The molecule has 1 rings (SSSR count). The van der Waals surface area contributed by atoms with E-state index in [1.54, 1.807) is 4.90 Å². The summed E-state index contributed by atoms with van der Waals surface area (Å²) >= 11 is 0.